The highest BCUT2D eigenvalue weighted by Gasteiger charge is 2.41. The van der Waals surface area contributed by atoms with Crippen molar-refractivity contribution in [2.24, 2.45) is 0 Å². The van der Waals surface area contributed by atoms with Crippen molar-refractivity contribution in [3.05, 3.63) is 0 Å². The molecule has 1 unspecified atom stereocenters. The molecular weight excluding hydrogens is 354 g/mol. The van der Waals surface area contributed by atoms with Gasteiger partial charge in [0, 0.05) is 6.61 Å². The Balaban J connectivity index is 5.90. The van der Waals surface area contributed by atoms with Crippen LogP contribution in [0.15, 0.2) is 0 Å². The lowest BCUT2D eigenvalue weighted by Gasteiger charge is -2.33. The predicted octanol–water partition coefficient (Wildman–Crippen LogP) is 3.64. The van der Waals surface area contributed by atoms with E-state index in [9.17, 15) is 14.4 Å². The molecular formula is C19H35NO7. The van der Waals surface area contributed by atoms with Crippen LogP contribution in [0.3, 0.4) is 0 Å². The minimum Gasteiger partial charge on any atom is -0.458 e. The molecule has 8 nitrogen and oxygen atoms in total. The van der Waals surface area contributed by atoms with Crippen LogP contribution in [0.4, 0.5) is 9.59 Å². The van der Waals surface area contributed by atoms with Crippen LogP contribution in [0, 0.1) is 0 Å². The summed E-state index contributed by atoms with van der Waals surface area (Å²) in [6, 6.07) is -1.28. The molecule has 0 aromatic rings. The van der Waals surface area contributed by atoms with Gasteiger partial charge in [0.2, 0.25) is 0 Å². The minimum atomic E-state index is -1.28. The standard InChI is InChI=1S/C19H35NO7/c1-17(2,3)25-14(22)13(11-10-12-21)20(15(23)26-18(4,5)6)16(24)27-19(7,8)9/h13,21H,10-12H2,1-9H3. The molecule has 0 aromatic heterocycles. The van der Waals surface area contributed by atoms with Crippen molar-refractivity contribution >= 4 is 18.2 Å². The fourth-order valence-electron chi connectivity index (χ4n) is 1.96. The highest BCUT2D eigenvalue weighted by molar-refractivity contribution is 5.94. The van der Waals surface area contributed by atoms with Crippen LogP contribution >= 0.6 is 0 Å². The third-order valence-corrected chi connectivity index (χ3v) is 2.81. The van der Waals surface area contributed by atoms with E-state index in [4.69, 9.17) is 19.3 Å². The Kier molecular flexibility index (Phi) is 8.76. The quantitative estimate of drug-likeness (QED) is 0.565. The van der Waals surface area contributed by atoms with Gasteiger partial charge in [-0.2, -0.15) is 4.90 Å². The highest BCUT2D eigenvalue weighted by Crippen LogP contribution is 2.21. The Bertz CT molecular complexity index is 496. The number of hydrogen-bond donors (Lipinski definition) is 1. The lowest BCUT2D eigenvalue weighted by atomic mass is 10.1. The molecule has 1 atom stereocenters. The van der Waals surface area contributed by atoms with E-state index in [0.717, 1.165) is 0 Å². The number of amides is 2. The van der Waals surface area contributed by atoms with Gasteiger partial charge in [0.05, 0.1) is 0 Å². The Hall–Kier alpha value is -1.83. The molecule has 0 rings (SSSR count). The Morgan fingerprint density at radius 2 is 1.15 bits per heavy atom. The molecule has 2 amide bonds. The number of hydrogen-bond acceptors (Lipinski definition) is 7. The summed E-state index contributed by atoms with van der Waals surface area (Å²) in [5.74, 6) is -0.771. The number of ether oxygens (including phenoxy) is 3. The zero-order chi connectivity index (χ0) is 21.6. The first-order chi connectivity index (χ1) is 12.0. The maximum Gasteiger partial charge on any atom is 0.420 e. The van der Waals surface area contributed by atoms with Gasteiger partial charge in [-0.15, -0.1) is 0 Å². The van der Waals surface area contributed by atoms with Gasteiger partial charge in [0.25, 0.3) is 0 Å². The van der Waals surface area contributed by atoms with Crippen molar-refractivity contribution in [2.75, 3.05) is 6.61 Å². The first-order valence-corrected chi connectivity index (χ1v) is 9.06. The number of nitrogens with zero attached hydrogens (tertiary/aromatic N) is 1. The zero-order valence-corrected chi connectivity index (χ0v) is 18.0. The zero-order valence-electron chi connectivity index (χ0n) is 18.0. The van der Waals surface area contributed by atoms with Gasteiger partial charge in [-0.3, -0.25) is 0 Å². The summed E-state index contributed by atoms with van der Waals surface area (Å²) >= 11 is 0. The molecule has 0 heterocycles. The number of imide groups is 1. The van der Waals surface area contributed by atoms with E-state index >= 15 is 0 Å². The van der Waals surface area contributed by atoms with Crippen molar-refractivity contribution in [3.63, 3.8) is 0 Å². The normalized spacial score (nSPS) is 13.6. The van der Waals surface area contributed by atoms with Gasteiger partial charge >= 0.3 is 18.2 Å². The molecule has 0 saturated heterocycles. The van der Waals surface area contributed by atoms with Crippen LogP contribution in [0.25, 0.3) is 0 Å². The summed E-state index contributed by atoms with van der Waals surface area (Å²) < 4.78 is 15.9. The fraction of sp³-hybridized carbons (Fsp3) is 0.842. The van der Waals surface area contributed by atoms with Gasteiger partial charge in [0.1, 0.15) is 22.8 Å². The van der Waals surface area contributed by atoms with Gasteiger partial charge in [-0.25, -0.2) is 14.4 Å². The van der Waals surface area contributed by atoms with Crippen LogP contribution in [-0.2, 0) is 19.0 Å². The SMILES string of the molecule is CC(C)(C)OC(=O)C(CCCO)N(C(=O)OC(C)(C)C)C(=O)OC(C)(C)C. The molecule has 0 spiro atoms. The van der Waals surface area contributed by atoms with Crippen molar-refractivity contribution in [1.29, 1.82) is 0 Å². The summed E-state index contributed by atoms with van der Waals surface area (Å²) in [5, 5.41) is 9.16. The maximum absolute atomic E-state index is 12.7. The summed E-state index contributed by atoms with van der Waals surface area (Å²) in [6.07, 6.45) is -1.81. The van der Waals surface area contributed by atoms with Gasteiger partial charge in [-0.1, -0.05) is 0 Å². The van der Waals surface area contributed by atoms with Gasteiger partial charge < -0.3 is 19.3 Å². The minimum absolute atomic E-state index is 0.0178. The number of aliphatic hydroxyl groups is 1. The average molecular weight is 389 g/mol. The highest BCUT2D eigenvalue weighted by atomic mass is 16.6. The van der Waals surface area contributed by atoms with Crippen LogP contribution in [0.1, 0.15) is 75.2 Å². The van der Waals surface area contributed by atoms with Crippen molar-refractivity contribution in [2.45, 2.75) is 98.0 Å². The van der Waals surface area contributed by atoms with E-state index in [1.165, 1.54) is 0 Å². The van der Waals surface area contributed by atoms with Crippen LogP contribution in [-0.4, -0.2) is 57.6 Å². The first-order valence-electron chi connectivity index (χ1n) is 9.06. The van der Waals surface area contributed by atoms with E-state index < -0.39 is 41.0 Å². The fourth-order valence-corrected chi connectivity index (χ4v) is 1.96. The molecule has 0 aliphatic rings. The van der Waals surface area contributed by atoms with E-state index in [1.54, 1.807) is 62.3 Å². The average Bonchev–Trinajstić information content (AvgIpc) is 2.36. The second-order valence-corrected chi connectivity index (χ2v) is 9.25. The Morgan fingerprint density at radius 1 is 0.778 bits per heavy atom. The Morgan fingerprint density at radius 3 is 1.44 bits per heavy atom. The number of rotatable bonds is 5. The summed E-state index contributed by atoms with van der Waals surface area (Å²) in [6.45, 7) is 14.7. The summed E-state index contributed by atoms with van der Waals surface area (Å²) in [5.41, 5.74) is -2.58. The van der Waals surface area contributed by atoms with E-state index in [0.29, 0.717) is 4.90 Å². The molecule has 0 aliphatic carbocycles. The molecule has 0 radical (unpaired) electrons. The van der Waals surface area contributed by atoms with Crippen molar-refractivity contribution < 1.29 is 33.7 Å². The van der Waals surface area contributed by atoms with Crippen LogP contribution in [0.2, 0.25) is 0 Å². The molecule has 0 aromatic carbocycles. The van der Waals surface area contributed by atoms with Gasteiger partial charge in [0.15, 0.2) is 0 Å². The van der Waals surface area contributed by atoms with Crippen LogP contribution in [0.5, 0.6) is 0 Å². The molecule has 27 heavy (non-hydrogen) atoms. The molecule has 0 fully saturated rings. The number of carbonyl (C=O) groups excluding carboxylic acids is 3. The molecule has 0 aliphatic heterocycles. The molecule has 0 saturated carbocycles. The lowest BCUT2D eigenvalue weighted by Crippen LogP contribution is -2.53. The molecule has 158 valence electrons. The van der Waals surface area contributed by atoms with E-state index in [1.807, 2.05) is 0 Å². The van der Waals surface area contributed by atoms with Gasteiger partial charge in [-0.05, 0) is 75.2 Å². The number of esters is 1. The molecule has 8 heteroatoms. The van der Waals surface area contributed by atoms with Crippen molar-refractivity contribution in [3.8, 4) is 0 Å². The van der Waals surface area contributed by atoms with E-state index in [-0.39, 0.29) is 19.4 Å². The maximum atomic E-state index is 12.7. The van der Waals surface area contributed by atoms with Crippen LogP contribution < -0.4 is 0 Å². The first kappa shape index (κ1) is 25.2. The second kappa shape index (κ2) is 9.39. The monoisotopic (exact) mass is 389 g/mol. The van der Waals surface area contributed by atoms with Crippen molar-refractivity contribution in [1.82, 2.24) is 4.90 Å². The smallest absolute Gasteiger partial charge is 0.420 e. The van der Waals surface area contributed by atoms with E-state index in [2.05, 4.69) is 0 Å². The predicted molar refractivity (Wildman–Crippen MR) is 100 cm³/mol. The molecule has 1 N–H and O–H groups in total. The largest absolute Gasteiger partial charge is 0.458 e. The summed E-state index contributed by atoms with van der Waals surface area (Å²) in [4.78, 5) is 38.7. The topological polar surface area (TPSA) is 102 Å². The number of aliphatic hydroxyl groups excluding tert-OH is 1. The Labute approximate surface area is 162 Å². The molecule has 0 bridgehead atoms. The lowest BCUT2D eigenvalue weighted by molar-refractivity contribution is -0.161. The summed E-state index contributed by atoms with van der Waals surface area (Å²) in [7, 11) is 0. The third-order valence-electron chi connectivity index (χ3n) is 2.81. The third kappa shape index (κ3) is 10.8. The number of carbonyl (C=O) groups is 3. The second-order valence-electron chi connectivity index (χ2n) is 9.25.